The van der Waals surface area contributed by atoms with Crippen molar-refractivity contribution in [3.05, 3.63) is 42.0 Å². The summed E-state index contributed by atoms with van der Waals surface area (Å²) in [7, 11) is 1.08. The maximum absolute atomic E-state index is 11.4. The molecular weight excluding hydrogens is 219 g/mol. The molecule has 0 unspecified atom stereocenters. The second-order valence-corrected chi connectivity index (χ2v) is 2.73. The molecule has 0 amide bonds. The molecule has 4 nitrogen and oxygen atoms in total. The van der Waals surface area contributed by atoms with Crippen LogP contribution < -0.4 is 34.7 Å². The molecular formula is C11H9NaO4. The van der Waals surface area contributed by atoms with Gasteiger partial charge in [0.1, 0.15) is 0 Å². The van der Waals surface area contributed by atoms with Gasteiger partial charge in [-0.05, 0) is 11.6 Å². The standard InChI is InChI=1S/C11H10O4.Na/c1-15-11(14)10(13)7-9(12)8-5-3-2-4-6-8;/h2-7,12H,1H3;/q;+1/p-1/b9-7-;. The fraction of sp³-hybridized carbons (Fsp3) is 0.0909. The van der Waals surface area contributed by atoms with E-state index in [1.54, 1.807) is 30.3 Å². The predicted molar refractivity (Wildman–Crippen MR) is 51.4 cm³/mol. The van der Waals surface area contributed by atoms with E-state index in [9.17, 15) is 14.7 Å². The van der Waals surface area contributed by atoms with Crippen molar-refractivity contribution in [3.63, 3.8) is 0 Å². The third kappa shape index (κ3) is 4.18. The maximum Gasteiger partial charge on any atom is 1.00 e. The second kappa shape index (κ2) is 7.22. The van der Waals surface area contributed by atoms with Crippen molar-refractivity contribution < 1.29 is 49.0 Å². The summed E-state index contributed by atoms with van der Waals surface area (Å²) in [5, 5.41) is 11.4. The Morgan fingerprint density at radius 2 is 1.81 bits per heavy atom. The number of hydrogen-bond acceptors (Lipinski definition) is 4. The summed E-state index contributed by atoms with van der Waals surface area (Å²) in [5.74, 6) is -2.50. The zero-order chi connectivity index (χ0) is 11.3. The molecule has 0 N–H and O–H groups in total. The van der Waals surface area contributed by atoms with E-state index < -0.39 is 17.5 Å². The Morgan fingerprint density at radius 3 is 2.31 bits per heavy atom. The molecule has 5 heteroatoms. The molecule has 78 valence electrons. The summed E-state index contributed by atoms with van der Waals surface area (Å²) in [6, 6.07) is 8.21. The molecule has 0 bridgehead atoms. The number of ether oxygens (including phenoxy) is 1. The Labute approximate surface area is 115 Å². The van der Waals surface area contributed by atoms with Crippen LogP contribution in [-0.2, 0) is 14.3 Å². The van der Waals surface area contributed by atoms with Gasteiger partial charge in [-0.3, -0.25) is 4.79 Å². The smallest absolute Gasteiger partial charge is 0.872 e. The van der Waals surface area contributed by atoms with Crippen molar-refractivity contribution >= 4 is 17.5 Å². The average Bonchev–Trinajstić information content (AvgIpc) is 2.29. The quantitative estimate of drug-likeness (QED) is 0.183. The molecule has 16 heavy (non-hydrogen) atoms. The summed E-state index contributed by atoms with van der Waals surface area (Å²) in [5.41, 5.74) is 0.356. The van der Waals surface area contributed by atoms with Crippen LogP contribution in [0.2, 0.25) is 0 Å². The minimum atomic E-state index is -1.04. The minimum absolute atomic E-state index is 0. The molecule has 0 aliphatic carbocycles. The number of esters is 1. The van der Waals surface area contributed by atoms with Crippen LogP contribution in [0.15, 0.2) is 36.4 Å². The number of methoxy groups -OCH3 is 1. The van der Waals surface area contributed by atoms with Crippen LogP contribution >= 0.6 is 0 Å². The average molecular weight is 228 g/mol. The number of carbonyl (C=O) groups excluding carboxylic acids is 2. The van der Waals surface area contributed by atoms with Crippen molar-refractivity contribution in [1.82, 2.24) is 0 Å². The third-order valence-electron chi connectivity index (χ3n) is 1.71. The van der Waals surface area contributed by atoms with Gasteiger partial charge in [-0.2, -0.15) is 0 Å². The van der Waals surface area contributed by atoms with Crippen LogP contribution in [0.5, 0.6) is 0 Å². The Bertz CT molecular complexity index is 398. The zero-order valence-corrected chi connectivity index (χ0v) is 11.1. The van der Waals surface area contributed by atoms with E-state index in [4.69, 9.17) is 0 Å². The molecule has 0 saturated carbocycles. The number of carbonyl (C=O) groups is 2. The Morgan fingerprint density at radius 1 is 1.25 bits per heavy atom. The normalized spacial score (nSPS) is 10.2. The monoisotopic (exact) mass is 228 g/mol. The van der Waals surface area contributed by atoms with Crippen molar-refractivity contribution in [2.75, 3.05) is 7.11 Å². The zero-order valence-electron chi connectivity index (χ0n) is 9.10. The molecule has 1 aromatic carbocycles. The van der Waals surface area contributed by atoms with E-state index in [2.05, 4.69) is 4.74 Å². The summed E-state index contributed by atoms with van der Waals surface area (Å²) in [6.45, 7) is 0. The maximum atomic E-state index is 11.4. The molecule has 0 heterocycles. The van der Waals surface area contributed by atoms with E-state index in [0.717, 1.165) is 13.2 Å². The van der Waals surface area contributed by atoms with E-state index in [0.29, 0.717) is 5.56 Å². The van der Waals surface area contributed by atoms with Gasteiger partial charge in [-0.25, -0.2) is 4.79 Å². The molecule has 0 radical (unpaired) electrons. The van der Waals surface area contributed by atoms with Crippen LogP contribution in [0, 0.1) is 0 Å². The fourth-order valence-electron chi connectivity index (χ4n) is 0.964. The van der Waals surface area contributed by atoms with Crippen molar-refractivity contribution in [3.8, 4) is 0 Å². The Hall–Kier alpha value is -1.10. The van der Waals surface area contributed by atoms with E-state index in [-0.39, 0.29) is 29.6 Å². The van der Waals surface area contributed by atoms with Gasteiger partial charge in [0, 0.05) is 0 Å². The first kappa shape index (κ1) is 14.9. The molecule has 0 atom stereocenters. The van der Waals surface area contributed by atoms with Crippen molar-refractivity contribution in [2.24, 2.45) is 0 Å². The topological polar surface area (TPSA) is 66.4 Å². The van der Waals surface area contributed by atoms with E-state index >= 15 is 0 Å². The van der Waals surface area contributed by atoms with Crippen molar-refractivity contribution in [2.45, 2.75) is 0 Å². The molecule has 0 saturated heterocycles. The van der Waals surface area contributed by atoms with Gasteiger partial charge in [0.2, 0.25) is 0 Å². The number of hydrogen-bond donors (Lipinski definition) is 0. The van der Waals surface area contributed by atoms with Crippen molar-refractivity contribution in [1.29, 1.82) is 0 Å². The van der Waals surface area contributed by atoms with Gasteiger partial charge < -0.3 is 9.84 Å². The molecule has 0 aliphatic heterocycles. The Balaban J connectivity index is 0.00000225. The number of ketones is 1. The van der Waals surface area contributed by atoms with Gasteiger partial charge in [-0.1, -0.05) is 36.1 Å². The van der Waals surface area contributed by atoms with Crippen LogP contribution in [0.1, 0.15) is 5.56 Å². The molecule has 0 aromatic heterocycles. The van der Waals surface area contributed by atoms with Gasteiger partial charge in [0.25, 0.3) is 5.78 Å². The fourth-order valence-corrected chi connectivity index (χ4v) is 0.964. The molecule has 0 aliphatic rings. The minimum Gasteiger partial charge on any atom is -0.872 e. The Kier molecular flexibility index (Phi) is 6.72. The van der Waals surface area contributed by atoms with E-state index in [1.165, 1.54) is 0 Å². The summed E-state index contributed by atoms with van der Waals surface area (Å²) < 4.78 is 4.18. The van der Waals surface area contributed by atoms with Crippen LogP contribution in [0.25, 0.3) is 5.76 Å². The first-order valence-corrected chi connectivity index (χ1v) is 4.21. The molecule has 0 spiro atoms. The second-order valence-electron chi connectivity index (χ2n) is 2.73. The third-order valence-corrected chi connectivity index (χ3v) is 1.71. The first-order valence-electron chi connectivity index (χ1n) is 4.21. The van der Waals surface area contributed by atoms with E-state index in [1.807, 2.05) is 0 Å². The summed E-state index contributed by atoms with van der Waals surface area (Å²) in [6.07, 6.45) is 0.723. The largest absolute Gasteiger partial charge is 1.00 e. The molecule has 1 aromatic rings. The SMILES string of the molecule is COC(=O)C(=O)/C=C(\[O-])c1ccccc1.[Na+]. The molecule has 0 fully saturated rings. The van der Waals surface area contributed by atoms with Gasteiger partial charge in [-0.15, -0.1) is 0 Å². The summed E-state index contributed by atoms with van der Waals surface area (Å²) in [4.78, 5) is 21.7. The van der Waals surface area contributed by atoms with Gasteiger partial charge in [0.15, 0.2) is 0 Å². The van der Waals surface area contributed by atoms with Crippen LogP contribution in [-0.4, -0.2) is 18.9 Å². The van der Waals surface area contributed by atoms with Gasteiger partial charge in [0.05, 0.1) is 7.11 Å². The number of benzene rings is 1. The number of rotatable bonds is 3. The van der Waals surface area contributed by atoms with Gasteiger partial charge >= 0.3 is 35.5 Å². The van der Waals surface area contributed by atoms with Crippen LogP contribution in [0.3, 0.4) is 0 Å². The van der Waals surface area contributed by atoms with Crippen LogP contribution in [0.4, 0.5) is 0 Å². The first-order chi connectivity index (χ1) is 7.15. The summed E-state index contributed by atoms with van der Waals surface area (Å²) >= 11 is 0. The molecule has 1 rings (SSSR count). The predicted octanol–water partition coefficient (Wildman–Crippen LogP) is -2.87.